The summed E-state index contributed by atoms with van der Waals surface area (Å²) in [5.41, 5.74) is 1.51. The highest BCUT2D eigenvalue weighted by Gasteiger charge is 2.61. The predicted molar refractivity (Wildman–Crippen MR) is 335 cm³/mol. The number of nitrogens with one attached hydrogen (secondary N) is 5. The third kappa shape index (κ3) is 13.8. The number of piperazine rings is 1. The Bertz CT molecular complexity index is 3650. The van der Waals surface area contributed by atoms with E-state index >= 15 is 8.78 Å². The van der Waals surface area contributed by atoms with Gasteiger partial charge in [0.05, 0.1) is 60.9 Å². The maximum Gasteiger partial charge on any atom is 0.256 e. The maximum atomic E-state index is 16.2. The molecule has 454 valence electrons. The zero-order valence-electron chi connectivity index (χ0n) is 49.2. The molecule has 5 aromatic rings. The topological polar surface area (TPSA) is 222 Å². The van der Waals surface area contributed by atoms with Crippen molar-refractivity contribution in [2.75, 3.05) is 79.2 Å². The number of carbonyl (C=O) groups excluding carboxylic acids is 5. The van der Waals surface area contributed by atoms with Crippen LogP contribution in [0.5, 0.6) is 11.5 Å². The number of benzene rings is 5. The van der Waals surface area contributed by atoms with Crippen LogP contribution in [0.15, 0.2) is 131 Å². The lowest BCUT2D eigenvalue weighted by Crippen LogP contribution is -2.48. The van der Waals surface area contributed by atoms with E-state index in [-0.39, 0.29) is 74.1 Å². The summed E-state index contributed by atoms with van der Waals surface area (Å²) in [7, 11) is 2.97. The summed E-state index contributed by atoms with van der Waals surface area (Å²) in [6, 6.07) is 25.7. The van der Waals surface area contributed by atoms with Gasteiger partial charge in [-0.2, -0.15) is 10.3 Å². The Morgan fingerprint density at radius 2 is 1.62 bits per heavy atom. The van der Waals surface area contributed by atoms with Crippen molar-refractivity contribution in [2.45, 2.75) is 83.2 Å². The van der Waals surface area contributed by atoms with Crippen LogP contribution in [0.1, 0.15) is 87.2 Å². The molecule has 5 atom stereocenters. The van der Waals surface area contributed by atoms with Crippen molar-refractivity contribution in [1.82, 2.24) is 15.5 Å². The fourth-order valence-electron chi connectivity index (χ4n) is 11.8. The number of nitriles is 1. The van der Waals surface area contributed by atoms with Gasteiger partial charge in [0.15, 0.2) is 0 Å². The number of unbranched alkanes of at least 4 members (excludes halogenated alkanes) is 2. The van der Waals surface area contributed by atoms with Crippen molar-refractivity contribution in [3.05, 3.63) is 160 Å². The molecule has 22 heteroatoms. The summed E-state index contributed by atoms with van der Waals surface area (Å²) >= 11 is 12.5. The second-order valence-corrected chi connectivity index (χ2v) is 23.9. The molecule has 0 bridgehead atoms. The number of amides is 5. The number of anilines is 5. The molecule has 87 heavy (non-hydrogen) atoms. The standard InChI is InChI=1S/C65H69Cl2F2N11O7/c1-8-54(81)73-41-14-12-15-43(33-41)80-56(83)30-38(2)45-36-72-63(77-60(45)80)75-50-24-21-42(34-52(50)87-7)78-26-28-79(29-27-78)55(82)18-10-9-11-25-71-61(84)39-19-23-49(51(31-39)86-6)74-62(85)59-57(44-16-13-17-47(67)58(44)69)65(37-70,53(76-59)35-64(3,4)5)46-22-20-40(66)32-48(46)68/h8,12-17,19-24,30-34,45,53,57,59,76H,1,9-11,18,25-29,35-36H2,2-7H3,(H,71,84)(H,72,75)(H,73,81)(H,74,85)/t45?,53-,57-,59+,65-/m0/s1. The van der Waals surface area contributed by atoms with Crippen molar-refractivity contribution in [2.24, 2.45) is 21.3 Å². The molecule has 5 amide bonds. The molecule has 2 saturated heterocycles. The first-order chi connectivity index (χ1) is 41.7. The minimum atomic E-state index is -1.83. The highest BCUT2D eigenvalue weighted by atomic mass is 35.5. The number of halogens is 4. The second kappa shape index (κ2) is 27.0. The Labute approximate surface area is 514 Å². The quantitative estimate of drug-likeness (QED) is 0.0386. The van der Waals surface area contributed by atoms with Crippen LogP contribution in [0.25, 0.3) is 0 Å². The van der Waals surface area contributed by atoms with Crippen LogP contribution in [0.4, 0.5) is 37.2 Å². The molecule has 18 nitrogen and oxygen atoms in total. The monoisotopic (exact) mass is 1220 g/mol. The number of hydrogen-bond donors (Lipinski definition) is 5. The molecule has 2 fully saturated rings. The lowest BCUT2D eigenvalue weighted by atomic mass is 9.62. The summed E-state index contributed by atoms with van der Waals surface area (Å²) in [4.78, 5) is 82.1. The first-order valence-electron chi connectivity index (χ1n) is 28.7. The van der Waals surface area contributed by atoms with E-state index in [4.69, 9.17) is 42.7 Å². The number of aliphatic imine (C=N–C) groups is 2. The molecule has 4 aliphatic rings. The van der Waals surface area contributed by atoms with E-state index in [1.807, 2.05) is 50.8 Å². The number of fused-ring (bicyclic) bond motifs is 1. The molecule has 0 saturated carbocycles. The molecule has 5 aromatic carbocycles. The summed E-state index contributed by atoms with van der Waals surface area (Å²) < 4.78 is 43.9. The molecule has 9 rings (SSSR count). The van der Waals surface area contributed by atoms with Gasteiger partial charge in [-0.05, 0) is 110 Å². The van der Waals surface area contributed by atoms with Crippen LogP contribution in [0.3, 0.4) is 0 Å². The molecule has 0 spiro atoms. The molecule has 4 aliphatic heterocycles. The molecule has 0 radical (unpaired) electrons. The van der Waals surface area contributed by atoms with Crippen LogP contribution in [0.2, 0.25) is 10.0 Å². The number of nitrogens with zero attached hydrogens (tertiary/aromatic N) is 6. The number of guanidine groups is 1. The number of carbonyl (C=O) groups is 5. The largest absolute Gasteiger partial charge is 0.495 e. The normalized spacial score (nSPS) is 20.0. The Kier molecular flexibility index (Phi) is 19.5. The van der Waals surface area contributed by atoms with E-state index in [0.29, 0.717) is 99.6 Å². The van der Waals surface area contributed by atoms with Crippen LogP contribution in [0, 0.1) is 34.3 Å². The minimum absolute atomic E-state index is 0.0505. The minimum Gasteiger partial charge on any atom is -0.495 e. The average Bonchev–Trinajstić information content (AvgIpc) is 1.62. The average molecular weight is 1230 g/mol. The number of methoxy groups -OCH3 is 2. The lowest BCUT2D eigenvalue weighted by Gasteiger charge is -2.37. The fraction of sp³-hybridized carbons (Fsp3) is 0.354. The van der Waals surface area contributed by atoms with Gasteiger partial charge in [0, 0.05) is 90.8 Å². The van der Waals surface area contributed by atoms with E-state index in [1.54, 1.807) is 37.5 Å². The van der Waals surface area contributed by atoms with Gasteiger partial charge in [-0.1, -0.05) is 86.8 Å². The molecule has 4 heterocycles. The van der Waals surface area contributed by atoms with Gasteiger partial charge in [-0.15, -0.1) is 0 Å². The summed E-state index contributed by atoms with van der Waals surface area (Å²) in [5.74, 6) is -3.25. The summed E-state index contributed by atoms with van der Waals surface area (Å²) in [6.45, 7) is 14.2. The van der Waals surface area contributed by atoms with Crippen LogP contribution in [-0.4, -0.2) is 112 Å². The van der Waals surface area contributed by atoms with Crippen molar-refractivity contribution in [1.29, 1.82) is 5.26 Å². The van der Waals surface area contributed by atoms with E-state index < -0.39 is 46.4 Å². The first kappa shape index (κ1) is 62.9. The molecule has 0 aromatic heterocycles. The highest BCUT2D eigenvalue weighted by Crippen LogP contribution is 2.53. The van der Waals surface area contributed by atoms with Gasteiger partial charge in [0.25, 0.3) is 11.8 Å². The van der Waals surface area contributed by atoms with E-state index in [2.05, 4.69) is 44.1 Å². The molecule has 5 N–H and O–H groups in total. The lowest BCUT2D eigenvalue weighted by molar-refractivity contribution is -0.131. The van der Waals surface area contributed by atoms with Gasteiger partial charge in [-0.3, -0.25) is 28.9 Å². The van der Waals surface area contributed by atoms with Gasteiger partial charge >= 0.3 is 0 Å². The number of ether oxygens (including phenoxy) is 2. The number of rotatable bonds is 19. The smallest absolute Gasteiger partial charge is 0.256 e. The van der Waals surface area contributed by atoms with Gasteiger partial charge in [0.2, 0.25) is 23.7 Å². The van der Waals surface area contributed by atoms with Gasteiger partial charge in [-0.25, -0.2) is 13.8 Å². The van der Waals surface area contributed by atoms with E-state index in [1.165, 1.54) is 66.6 Å². The summed E-state index contributed by atoms with van der Waals surface area (Å²) in [5, 5.41) is 26.2. The maximum absolute atomic E-state index is 16.2. The Balaban J connectivity index is 0.756. The molecule has 0 aliphatic carbocycles. The van der Waals surface area contributed by atoms with E-state index in [9.17, 15) is 29.2 Å². The Hall–Kier alpha value is -8.64. The van der Waals surface area contributed by atoms with Crippen LogP contribution in [-0.2, 0) is 24.6 Å². The fourth-order valence-corrected chi connectivity index (χ4v) is 12.1. The van der Waals surface area contributed by atoms with Crippen LogP contribution >= 0.6 is 23.2 Å². The van der Waals surface area contributed by atoms with Crippen molar-refractivity contribution in [3.63, 3.8) is 0 Å². The Morgan fingerprint density at radius 3 is 2.33 bits per heavy atom. The van der Waals surface area contributed by atoms with Crippen molar-refractivity contribution in [3.8, 4) is 17.6 Å². The third-order valence-electron chi connectivity index (χ3n) is 16.1. The highest BCUT2D eigenvalue weighted by molar-refractivity contribution is 6.31. The van der Waals surface area contributed by atoms with Crippen molar-refractivity contribution < 1.29 is 42.2 Å². The number of amidine groups is 1. The zero-order chi connectivity index (χ0) is 62.3. The zero-order valence-corrected chi connectivity index (χ0v) is 50.8. The van der Waals surface area contributed by atoms with Crippen LogP contribution < -0.4 is 45.9 Å². The first-order valence-corrected chi connectivity index (χ1v) is 29.4. The number of hydrogen-bond acceptors (Lipinski definition) is 13. The van der Waals surface area contributed by atoms with E-state index in [0.717, 1.165) is 17.3 Å². The Morgan fingerprint density at radius 1 is 0.885 bits per heavy atom. The molecule has 1 unspecified atom stereocenters. The SMILES string of the molecule is C=CC(=O)Nc1cccc(N2C(=O)C=C(C)C3CN=C(Nc4ccc(N5CCN(C(=O)CCCCCNC(=O)c6ccc(NC(=O)[C@@H]7N[C@@H](CC(C)(C)C)[C@](C#N)(c8ccc(Cl)cc8F)[C@H]7c7cccc(Cl)c7F)c(OC)c6)CC5)cc4OC)N=C32)c1. The van der Waals surface area contributed by atoms with Gasteiger partial charge in [0.1, 0.15) is 34.4 Å². The molecular formula is C65H69Cl2F2N11O7. The predicted octanol–water partition coefficient (Wildman–Crippen LogP) is 10.8. The van der Waals surface area contributed by atoms with Gasteiger partial charge < -0.3 is 45.9 Å². The second-order valence-electron chi connectivity index (χ2n) is 23.0. The summed E-state index contributed by atoms with van der Waals surface area (Å²) in [6.07, 6.45) is 5.36. The molecular weight excluding hydrogens is 1160 g/mol. The van der Waals surface area contributed by atoms with Crippen molar-refractivity contribution >= 4 is 93.0 Å². The third-order valence-corrected chi connectivity index (χ3v) is 16.6.